The molecular weight excluding hydrogens is 324 g/mol. The number of hydrazine groups is 1. The summed E-state index contributed by atoms with van der Waals surface area (Å²) < 4.78 is 15.4. The first-order valence-corrected chi connectivity index (χ1v) is 7.44. The first kappa shape index (κ1) is 17.4. The average molecular weight is 343 g/mol. The Morgan fingerprint density at radius 2 is 1.83 bits per heavy atom. The van der Waals surface area contributed by atoms with Gasteiger partial charge < -0.3 is 14.2 Å². The van der Waals surface area contributed by atoms with Crippen molar-refractivity contribution in [3.63, 3.8) is 0 Å². The Bertz CT molecular complexity index is 608. The van der Waals surface area contributed by atoms with Crippen molar-refractivity contribution < 1.29 is 23.8 Å². The van der Waals surface area contributed by atoms with E-state index in [0.717, 1.165) is 0 Å². The van der Waals surface area contributed by atoms with Crippen LogP contribution in [0.4, 0.5) is 0 Å². The Labute approximate surface area is 139 Å². The molecule has 1 aromatic rings. The molecule has 0 radical (unpaired) electrons. The number of carbonyl (C=O) groups excluding carboxylic acids is 2. The number of nitrogens with zero attached hydrogens (tertiary/aromatic N) is 2. The molecule has 0 saturated carbocycles. The summed E-state index contributed by atoms with van der Waals surface area (Å²) in [6, 6.07) is 3.18. The molecule has 126 valence electrons. The zero-order valence-corrected chi connectivity index (χ0v) is 14.1. The zero-order chi connectivity index (χ0) is 17.0. The van der Waals surface area contributed by atoms with Gasteiger partial charge in [0.15, 0.2) is 5.75 Å². The highest BCUT2D eigenvalue weighted by atomic mass is 35.5. The lowest BCUT2D eigenvalue weighted by Gasteiger charge is -2.28. The third-order valence-corrected chi connectivity index (χ3v) is 3.83. The van der Waals surface area contributed by atoms with E-state index in [1.54, 1.807) is 12.1 Å². The molecule has 0 aliphatic carbocycles. The molecule has 1 saturated heterocycles. The molecule has 1 fully saturated rings. The number of amides is 2. The molecule has 0 aromatic heterocycles. The summed E-state index contributed by atoms with van der Waals surface area (Å²) in [4.78, 5) is 25.0. The van der Waals surface area contributed by atoms with Crippen LogP contribution in [-0.4, -0.2) is 62.9 Å². The third-order valence-electron chi connectivity index (χ3n) is 3.53. The second kappa shape index (κ2) is 7.52. The molecule has 7 nitrogen and oxygen atoms in total. The van der Waals surface area contributed by atoms with Crippen molar-refractivity contribution in [1.82, 2.24) is 10.0 Å². The van der Waals surface area contributed by atoms with Crippen LogP contribution in [0, 0.1) is 0 Å². The van der Waals surface area contributed by atoms with E-state index in [0.29, 0.717) is 30.3 Å². The number of methoxy groups -OCH3 is 3. The maximum absolute atomic E-state index is 13.0. The van der Waals surface area contributed by atoms with Gasteiger partial charge in [-0.25, -0.2) is 10.0 Å². The van der Waals surface area contributed by atoms with Gasteiger partial charge in [-0.3, -0.25) is 9.59 Å². The van der Waals surface area contributed by atoms with Gasteiger partial charge in [-0.1, -0.05) is 11.6 Å². The second-order valence-electron chi connectivity index (χ2n) is 4.89. The van der Waals surface area contributed by atoms with E-state index in [9.17, 15) is 9.59 Å². The molecular formula is C15H19ClN2O5. The van der Waals surface area contributed by atoms with E-state index in [1.807, 2.05) is 0 Å². The predicted molar refractivity (Wildman–Crippen MR) is 83.8 cm³/mol. The standard InChI is InChI=1S/C15H19ClN2O5/c1-21-9-12(19)17-7-4-8-18(17)15(20)13-11(22-2)6-5-10(16)14(13)23-3/h5-6H,4,7-9H2,1-3H3. The van der Waals surface area contributed by atoms with Gasteiger partial charge in [-0.05, 0) is 18.6 Å². The third kappa shape index (κ3) is 3.35. The second-order valence-corrected chi connectivity index (χ2v) is 5.30. The minimum Gasteiger partial charge on any atom is -0.496 e. The number of halogens is 1. The molecule has 0 N–H and O–H groups in total. The average Bonchev–Trinajstić information content (AvgIpc) is 3.03. The van der Waals surface area contributed by atoms with Gasteiger partial charge in [-0.2, -0.15) is 0 Å². The number of hydrogen-bond donors (Lipinski definition) is 0. The lowest BCUT2D eigenvalue weighted by Crippen LogP contribution is -2.46. The van der Waals surface area contributed by atoms with Crippen molar-refractivity contribution in [2.45, 2.75) is 6.42 Å². The Balaban J connectivity index is 2.40. The summed E-state index contributed by atoms with van der Waals surface area (Å²) in [5.74, 6) is -0.120. The van der Waals surface area contributed by atoms with Crippen LogP contribution < -0.4 is 9.47 Å². The minimum atomic E-state index is -0.400. The van der Waals surface area contributed by atoms with Crippen molar-refractivity contribution in [1.29, 1.82) is 0 Å². The van der Waals surface area contributed by atoms with Crippen molar-refractivity contribution in [2.24, 2.45) is 0 Å². The highest BCUT2D eigenvalue weighted by Crippen LogP contribution is 2.36. The fourth-order valence-corrected chi connectivity index (χ4v) is 2.76. The number of ether oxygens (including phenoxy) is 3. The number of rotatable bonds is 5. The van der Waals surface area contributed by atoms with Crippen molar-refractivity contribution >= 4 is 23.4 Å². The number of hydrogen-bond acceptors (Lipinski definition) is 5. The summed E-state index contributed by atoms with van der Waals surface area (Å²) in [6.45, 7) is 0.792. The molecule has 2 amide bonds. The van der Waals surface area contributed by atoms with E-state index in [1.165, 1.54) is 31.3 Å². The van der Waals surface area contributed by atoms with Crippen LogP contribution in [0.5, 0.6) is 11.5 Å². The zero-order valence-electron chi connectivity index (χ0n) is 13.3. The van der Waals surface area contributed by atoms with Crippen LogP contribution in [-0.2, 0) is 9.53 Å². The maximum atomic E-state index is 13.0. The van der Waals surface area contributed by atoms with Crippen LogP contribution in [0.25, 0.3) is 0 Å². The maximum Gasteiger partial charge on any atom is 0.280 e. The van der Waals surface area contributed by atoms with E-state index in [-0.39, 0.29) is 23.8 Å². The molecule has 23 heavy (non-hydrogen) atoms. The van der Waals surface area contributed by atoms with Crippen molar-refractivity contribution in [3.8, 4) is 11.5 Å². The molecule has 0 unspecified atom stereocenters. The fourth-order valence-electron chi connectivity index (χ4n) is 2.52. The first-order chi connectivity index (χ1) is 11.0. The molecule has 1 aromatic carbocycles. The predicted octanol–water partition coefficient (Wildman–Crippen LogP) is 1.59. The summed E-state index contributed by atoms with van der Waals surface area (Å²) >= 11 is 6.11. The normalized spacial score (nSPS) is 14.1. The molecule has 2 rings (SSSR count). The highest BCUT2D eigenvalue weighted by molar-refractivity contribution is 6.32. The Hall–Kier alpha value is -1.99. The SMILES string of the molecule is COCC(=O)N1CCCN1C(=O)c1c(OC)ccc(Cl)c1OC. The lowest BCUT2D eigenvalue weighted by atomic mass is 10.1. The lowest BCUT2D eigenvalue weighted by molar-refractivity contribution is -0.144. The Morgan fingerprint density at radius 3 is 2.43 bits per heavy atom. The van der Waals surface area contributed by atoms with E-state index < -0.39 is 5.91 Å². The van der Waals surface area contributed by atoms with Crippen molar-refractivity contribution in [3.05, 3.63) is 22.7 Å². The molecule has 1 heterocycles. The van der Waals surface area contributed by atoms with E-state index >= 15 is 0 Å². The van der Waals surface area contributed by atoms with Crippen LogP contribution in [0.1, 0.15) is 16.8 Å². The van der Waals surface area contributed by atoms with Crippen LogP contribution in [0.3, 0.4) is 0 Å². The summed E-state index contributed by atoms with van der Waals surface area (Å²) in [7, 11) is 4.32. The van der Waals surface area contributed by atoms with Gasteiger partial charge in [0.1, 0.15) is 17.9 Å². The van der Waals surface area contributed by atoms with E-state index in [4.69, 9.17) is 25.8 Å². The van der Waals surface area contributed by atoms with Crippen LogP contribution in [0.15, 0.2) is 12.1 Å². The minimum absolute atomic E-state index is 0.0897. The molecule has 0 atom stereocenters. The molecule has 8 heteroatoms. The summed E-state index contributed by atoms with van der Waals surface area (Å²) in [6.07, 6.45) is 0.687. The Morgan fingerprint density at radius 1 is 1.13 bits per heavy atom. The van der Waals surface area contributed by atoms with Gasteiger partial charge in [0.2, 0.25) is 0 Å². The van der Waals surface area contributed by atoms with Crippen LogP contribution in [0.2, 0.25) is 5.02 Å². The topological polar surface area (TPSA) is 68.3 Å². The first-order valence-electron chi connectivity index (χ1n) is 7.06. The smallest absolute Gasteiger partial charge is 0.280 e. The number of benzene rings is 1. The van der Waals surface area contributed by atoms with Gasteiger partial charge in [0.05, 0.1) is 19.2 Å². The summed E-state index contributed by atoms with van der Waals surface area (Å²) in [5, 5.41) is 3.05. The molecule has 0 spiro atoms. The van der Waals surface area contributed by atoms with Crippen LogP contribution >= 0.6 is 11.6 Å². The Kier molecular flexibility index (Phi) is 5.68. The molecule has 0 bridgehead atoms. The highest BCUT2D eigenvalue weighted by Gasteiger charge is 2.34. The van der Waals surface area contributed by atoms with Crippen molar-refractivity contribution in [2.75, 3.05) is 41.0 Å². The van der Waals surface area contributed by atoms with E-state index in [2.05, 4.69) is 0 Å². The largest absolute Gasteiger partial charge is 0.496 e. The van der Waals surface area contributed by atoms with Gasteiger partial charge in [0.25, 0.3) is 11.8 Å². The van der Waals surface area contributed by atoms with Gasteiger partial charge >= 0.3 is 0 Å². The fraction of sp³-hybridized carbons (Fsp3) is 0.467. The van der Waals surface area contributed by atoms with Gasteiger partial charge in [0, 0.05) is 20.2 Å². The molecule has 1 aliphatic rings. The quantitative estimate of drug-likeness (QED) is 0.813. The summed E-state index contributed by atoms with van der Waals surface area (Å²) in [5.41, 5.74) is 0.194. The molecule has 1 aliphatic heterocycles. The number of carbonyl (C=O) groups is 2. The van der Waals surface area contributed by atoms with Gasteiger partial charge in [-0.15, -0.1) is 0 Å². The monoisotopic (exact) mass is 342 g/mol.